The van der Waals surface area contributed by atoms with Gasteiger partial charge in [0.15, 0.2) is 11.5 Å². The molecule has 1 fully saturated rings. The van der Waals surface area contributed by atoms with E-state index < -0.39 is 6.10 Å². The van der Waals surface area contributed by atoms with Gasteiger partial charge in [0.25, 0.3) is 0 Å². The lowest BCUT2D eigenvalue weighted by Crippen LogP contribution is -2.50. The molecule has 0 radical (unpaired) electrons. The first-order valence-electron chi connectivity index (χ1n) is 15.5. The SMILES string of the molecule is COc1cccc([C@H]2O[C@H](CCC(=O)N3CCN(CC(=O)OCc4ccccc4)CC3)c3cccn3-c3ccc(Cl)cc32)c1OC. The Balaban J connectivity index is 1.12. The van der Waals surface area contributed by atoms with E-state index in [9.17, 15) is 9.59 Å². The number of esters is 1. The van der Waals surface area contributed by atoms with Gasteiger partial charge in [-0.25, -0.2) is 0 Å². The second-order valence-corrected chi connectivity index (χ2v) is 11.9. The zero-order chi connectivity index (χ0) is 32.0. The summed E-state index contributed by atoms with van der Waals surface area (Å²) in [5.74, 6) is 0.991. The van der Waals surface area contributed by atoms with Gasteiger partial charge >= 0.3 is 5.97 Å². The first kappa shape index (κ1) is 31.7. The summed E-state index contributed by atoms with van der Waals surface area (Å²) >= 11 is 6.52. The Labute approximate surface area is 274 Å². The van der Waals surface area contributed by atoms with Crippen molar-refractivity contribution in [3.8, 4) is 17.2 Å². The van der Waals surface area contributed by atoms with E-state index in [1.165, 1.54) is 0 Å². The van der Waals surface area contributed by atoms with Crippen LogP contribution in [0.15, 0.2) is 85.1 Å². The molecule has 3 aromatic carbocycles. The number of carbonyl (C=O) groups is 2. The number of hydrogen-bond acceptors (Lipinski definition) is 7. The molecular weight excluding hydrogens is 606 g/mol. The minimum absolute atomic E-state index is 0.0633. The topological polar surface area (TPSA) is 82.5 Å². The van der Waals surface area contributed by atoms with Gasteiger partial charge in [0, 0.05) is 54.9 Å². The van der Waals surface area contributed by atoms with Crippen LogP contribution in [-0.2, 0) is 25.7 Å². The van der Waals surface area contributed by atoms with Crippen LogP contribution in [0.1, 0.15) is 47.4 Å². The molecule has 1 aromatic heterocycles. The molecular formula is C36H38ClN3O6. The number of halogens is 1. The molecule has 2 atom stereocenters. The van der Waals surface area contributed by atoms with Gasteiger partial charge in [-0.1, -0.05) is 54.1 Å². The third kappa shape index (κ3) is 6.92. The van der Waals surface area contributed by atoms with Crippen molar-refractivity contribution in [1.29, 1.82) is 0 Å². The Hall–Kier alpha value is -4.31. The maximum Gasteiger partial charge on any atom is 0.320 e. The molecule has 0 aliphatic carbocycles. The molecule has 0 spiro atoms. The summed E-state index contributed by atoms with van der Waals surface area (Å²) in [6.45, 7) is 2.81. The maximum absolute atomic E-state index is 13.5. The van der Waals surface area contributed by atoms with Gasteiger partial charge in [0.2, 0.25) is 5.91 Å². The lowest BCUT2D eigenvalue weighted by atomic mass is 9.98. The van der Waals surface area contributed by atoms with Gasteiger partial charge in [-0.3, -0.25) is 14.5 Å². The number of ether oxygens (including phenoxy) is 4. The normalized spacial score (nSPS) is 17.8. The molecule has 0 bridgehead atoms. The molecule has 10 heteroatoms. The van der Waals surface area contributed by atoms with Gasteiger partial charge in [-0.2, -0.15) is 0 Å². The number of carbonyl (C=O) groups excluding carboxylic acids is 2. The fourth-order valence-electron chi connectivity index (χ4n) is 6.25. The van der Waals surface area contributed by atoms with Crippen molar-refractivity contribution in [3.63, 3.8) is 0 Å². The Morgan fingerprint density at radius 3 is 2.46 bits per heavy atom. The fraction of sp³-hybridized carbons (Fsp3) is 0.333. The number of benzene rings is 3. The Kier molecular flexibility index (Phi) is 9.92. The Morgan fingerprint density at radius 2 is 1.70 bits per heavy atom. The number of amides is 1. The lowest BCUT2D eigenvalue weighted by molar-refractivity contribution is -0.147. The number of rotatable bonds is 10. The molecule has 9 nitrogen and oxygen atoms in total. The molecule has 1 saturated heterocycles. The van der Waals surface area contributed by atoms with Crippen LogP contribution in [0.25, 0.3) is 5.69 Å². The molecule has 46 heavy (non-hydrogen) atoms. The van der Waals surface area contributed by atoms with Crippen LogP contribution in [0.5, 0.6) is 11.5 Å². The second-order valence-electron chi connectivity index (χ2n) is 11.4. The fourth-order valence-corrected chi connectivity index (χ4v) is 6.43. The summed E-state index contributed by atoms with van der Waals surface area (Å²) in [4.78, 5) is 29.8. The van der Waals surface area contributed by atoms with Crippen molar-refractivity contribution in [1.82, 2.24) is 14.4 Å². The largest absolute Gasteiger partial charge is 0.493 e. The summed E-state index contributed by atoms with van der Waals surface area (Å²) in [6, 6.07) is 25.2. The zero-order valence-electron chi connectivity index (χ0n) is 26.1. The number of aromatic nitrogens is 1. The van der Waals surface area contributed by atoms with E-state index in [-0.39, 0.29) is 31.1 Å². The lowest BCUT2D eigenvalue weighted by Gasteiger charge is -2.34. The predicted molar refractivity (Wildman–Crippen MR) is 174 cm³/mol. The molecule has 3 heterocycles. The Morgan fingerprint density at radius 1 is 0.891 bits per heavy atom. The number of fused-ring (bicyclic) bond motifs is 3. The molecule has 2 aliphatic heterocycles. The summed E-state index contributed by atoms with van der Waals surface area (Å²) < 4.78 is 25.9. The number of nitrogens with zero attached hydrogens (tertiary/aromatic N) is 3. The first-order chi connectivity index (χ1) is 22.4. The number of para-hydroxylation sites is 1. The van der Waals surface area contributed by atoms with Crippen LogP contribution < -0.4 is 9.47 Å². The summed E-state index contributed by atoms with van der Waals surface area (Å²) in [5.41, 5.74) is 4.57. The van der Waals surface area contributed by atoms with Crippen LogP contribution in [-0.4, -0.2) is 73.2 Å². The highest BCUT2D eigenvalue weighted by Gasteiger charge is 2.33. The molecule has 1 amide bonds. The second kappa shape index (κ2) is 14.4. The highest BCUT2D eigenvalue weighted by Crippen LogP contribution is 2.46. The van der Waals surface area contributed by atoms with E-state index in [2.05, 4.69) is 4.57 Å². The van der Waals surface area contributed by atoms with Crippen LogP contribution in [0.3, 0.4) is 0 Å². The molecule has 0 N–H and O–H groups in total. The molecule has 0 unspecified atom stereocenters. The smallest absolute Gasteiger partial charge is 0.320 e. The zero-order valence-corrected chi connectivity index (χ0v) is 26.8. The van der Waals surface area contributed by atoms with Gasteiger partial charge < -0.3 is 28.4 Å². The monoisotopic (exact) mass is 643 g/mol. The van der Waals surface area contributed by atoms with Crippen LogP contribution in [0, 0.1) is 0 Å². The van der Waals surface area contributed by atoms with Gasteiger partial charge in [0.05, 0.1) is 38.2 Å². The van der Waals surface area contributed by atoms with Gasteiger partial charge in [-0.05, 0) is 48.4 Å². The quantitative estimate of drug-likeness (QED) is 0.197. The van der Waals surface area contributed by atoms with E-state index in [0.717, 1.165) is 28.1 Å². The van der Waals surface area contributed by atoms with Gasteiger partial charge in [0.1, 0.15) is 12.7 Å². The minimum atomic E-state index is -0.524. The van der Waals surface area contributed by atoms with E-state index in [1.807, 2.05) is 94.9 Å². The standard InChI is InChI=1S/C36H38ClN3O6/c1-43-32-12-6-10-27(36(32)44-2)35-28-22-26(37)13-14-29(28)40-17-7-11-30(40)31(46-35)15-16-33(41)39-20-18-38(19-21-39)23-34(42)45-24-25-8-4-3-5-9-25/h3-14,17,22,31,35H,15-16,18-21,23-24H2,1-2H3/t31-,35-/m1/s1. The summed E-state index contributed by atoms with van der Waals surface area (Å²) in [7, 11) is 3.22. The minimum Gasteiger partial charge on any atom is -0.493 e. The van der Waals surface area contributed by atoms with Crippen molar-refractivity contribution in [2.45, 2.75) is 31.7 Å². The number of methoxy groups -OCH3 is 2. The van der Waals surface area contributed by atoms with E-state index in [0.29, 0.717) is 55.5 Å². The average molecular weight is 644 g/mol. The highest BCUT2D eigenvalue weighted by molar-refractivity contribution is 6.30. The van der Waals surface area contributed by atoms with Gasteiger partial charge in [-0.15, -0.1) is 0 Å². The maximum atomic E-state index is 13.5. The average Bonchev–Trinajstić information content (AvgIpc) is 3.53. The van der Waals surface area contributed by atoms with Crippen LogP contribution in [0.2, 0.25) is 5.02 Å². The van der Waals surface area contributed by atoms with Crippen molar-refractivity contribution in [2.75, 3.05) is 46.9 Å². The van der Waals surface area contributed by atoms with E-state index in [4.69, 9.17) is 30.5 Å². The van der Waals surface area contributed by atoms with Crippen molar-refractivity contribution in [2.24, 2.45) is 0 Å². The van der Waals surface area contributed by atoms with Crippen molar-refractivity contribution >= 4 is 23.5 Å². The first-order valence-corrected chi connectivity index (χ1v) is 15.9. The number of piperazine rings is 1. The van der Waals surface area contributed by atoms with Crippen LogP contribution >= 0.6 is 11.6 Å². The predicted octanol–water partition coefficient (Wildman–Crippen LogP) is 5.98. The summed E-state index contributed by atoms with van der Waals surface area (Å²) in [5, 5.41) is 0.597. The molecule has 6 rings (SSSR count). The number of hydrogen-bond donors (Lipinski definition) is 0. The third-order valence-corrected chi connectivity index (χ3v) is 8.83. The van der Waals surface area contributed by atoms with E-state index >= 15 is 0 Å². The highest BCUT2D eigenvalue weighted by atomic mass is 35.5. The van der Waals surface area contributed by atoms with Crippen molar-refractivity contribution in [3.05, 3.63) is 112 Å². The Bertz CT molecular complexity index is 1670. The van der Waals surface area contributed by atoms with Crippen molar-refractivity contribution < 1.29 is 28.5 Å². The van der Waals surface area contributed by atoms with E-state index in [1.54, 1.807) is 14.2 Å². The molecule has 240 valence electrons. The third-order valence-electron chi connectivity index (χ3n) is 8.60. The molecule has 0 saturated carbocycles. The van der Waals surface area contributed by atoms with Crippen LogP contribution in [0.4, 0.5) is 0 Å². The summed E-state index contributed by atoms with van der Waals surface area (Å²) in [6.07, 6.45) is 1.90. The molecule has 2 aliphatic rings. The molecule has 4 aromatic rings.